The van der Waals surface area contributed by atoms with Crippen molar-refractivity contribution in [2.45, 2.75) is 13.5 Å². The van der Waals surface area contributed by atoms with Crippen LogP contribution in [0.4, 0.5) is 10.1 Å². The molecule has 3 aromatic rings. The number of carbonyl (C=O) groups is 1. The standard InChI is InChI=1S/C24H16Cl3FN2O2S/c1-13-17(25)6-3-7-20(13)29-24-30-23(31)21(33-24)11-15-9-18(26)22(19(27)10-15)32-12-14-4-2-5-16(28)8-14/h2-11H,12H2,1H3,(H,29,30,31)/b21-11+. The van der Waals surface area contributed by atoms with Gasteiger partial charge in [0.2, 0.25) is 0 Å². The highest BCUT2D eigenvalue weighted by Crippen LogP contribution is 2.37. The number of hydrogen-bond donors (Lipinski definition) is 1. The summed E-state index contributed by atoms with van der Waals surface area (Å²) in [6.45, 7) is 1.97. The van der Waals surface area contributed by atoms with Gasteiger partial charge in [-0.3, -0.25) is 4.79 Å². The Morgan fingerprint density at radius 3 is 2.52 bits per heavy atom. The van der Waals surface area contributed by atoms with Gasteiger partial charge in [0.15, 0.2) is 10.9 Å². The Balaban J connectivity index is 1.52. The molecule has 0 aromatic heterocycles. The number of halogens is 4. The third-order valence-electron chi connectivity index (χ3n) is 4.70. The van der Waals surface area contributed by atoms with Gasteiger partial charge in [0.05, 0.1) is 20.6 Å². The second-order valence-corrected chi connectivity index (χ2v) is 9.35. The normalized spacial score (nSPS) is 15.8. The summed E-state index contributed by atoms with van der Waals surface area (Å²) in [6.07, 6.45) is 1.67. The van der Waals surface area contributed by atoms with Crippen molar-refractivity contribution in [3.05, 3.63) is 97.1 Å². The van der Waals surface area contributed by atoms with Crippen molar-refractivity contribution in [1.29, 1.82) is 0 Å². The van der Waals surface area contributed by atoms with Crippen LogP contribution in [-0.4, -0.2) is 11.1 Å². The van der Waals surface area contributed by atoms with Gasteiger partial charge in [-0.05, 0) is 77.9 Å². The lowest BCUT2D eigenvalue weighted by molar-refractivity contribution is -0.115. The third kappa shape index (κ3) is 5.71. The first kappa shape index (κ1) is 23.6. The third-order valence-corrected chi connectivity index (χ3v) is 6.58. The van der Waals surface area contributed by atoms with Crippen LogP contribution in [0.1, 0.15) is 16.7 Å². The fourth-order valence-corrected chi connectivity index (χ4v) is 4.66. The van der Waals surface area contributed by atoms with Gasteiger partial charge in [-0.2, -0.15) is 0 Å². The SMILES string of the molecule is Cc1c(Cl)cccc1N=C1NC(=O)/C(=C\c2cc(Cl)c(OCc3cccc(F)c3)c(Cl)c2)S1. The van der Waals surface area contributed by atoms with Gasteiger partial charge in [0.25, 0.3) is 5.91 Å². The van der Waals surface area contributed by atoms with Crippen molar-refractivity contribution in [3.8, 4) is 5.75 Å². The number of benzene rings is 3. The Labute approximate surface area is 209 Å². The highest BCUT2D eigenvalue weighted by molar-refractivity contribution is 8.18. The quantitative estimate of drug-likeness (QED) is 0.352. The van der Waals surface area contributed by atoms with Gasteiger partial charge >= 0.3 is 0 Å². The number of rotatable bonds is 5. The number of thioether (sulfide) groups is 1. The number of nitrogens with one attached hydrogen (secondary N) is 1. The van der Waals surface area contributed by atoms with Crippen molar-refractivity contribution in [1.82, 2.24) is 5.32 Å². The second-order valence-electron chi connectivity index (χ2n) is 7.10. The van der Waals surface area contributed by atoms with Crippen LogP contribution in [0.2, 0.25) is 15.1 Å². The van der Waals surface area contributed by atoms with Crippen molar-refractivity contribution >= 4 is 69.4 Å². The lowest BCUT2D eigenvalue weighted by atomic mass is 10.2. The summed E-state index contributed by atoms with van der Waals surface area (Å²) in [4.78, 5) is 17.4. The van der Waals surface area contributed by atoms with E-state index in [2.05, 4.69) is 10.3 Å². The second kappa shape index (κ2) is 10.2. The first-order chi connectivity index (χ1) is 15.8. The Hall–Kier alpha value is -2.51. The van der Waals surface area contributed by atoms with E-state index in [0.29, 0.717) is 31.9 Å². The monoisotopic (exact) mass is 520 g/mol. The van der Waals surface area contributed by atoms with E-state index >= 15 is 0 Å². The number of carbonyl (C=O) groups excluding carboxylic acids is 1. The van der Waals surface area contributed by atoms with Crippen LogP contribution in [0.15, 0.2) is 64.5 Å². The Kier molecular flexibility index (Phi) is 7.29. The predicted molar refractivity (Wildman–Crippen MR) is 134 cm³/mol. The highest BCUT2D eigenvalue weighted by atomic mass is 35.5. The largest absolute Gasteiger partial charge is 0.486 e. The molecule has 1 amide bonds. The lowest BCUT2D eigenvalue weighted by Gasteiger charge is -2.11. The van der Waals surface area contributed by atoms with E-state index in [-0.39, 0.29) is 34.1 Å². The summed E-state index contributed by atoms with van der Waals surface area (Å²) < 4.78 is 19.0. The van der Waals surface area contributed by atoms with Gasteiger partial charge in [0, 0.05) is 5.02 Å². The van der Waals surface area contributed by atoms with Crippen LogP contribution in [-0.2, 0) is 11.4 Å². The van der Waals surface area contributed by atoms with E-state index in [9.17, 15) is 9.18 Å². The van der Waals surface area contributed by atoms with Gasteiger partial charge in [-0.1, -0.05) is 53.0 Å². The minimum Gasteiger partial charge on any atom is -0.486 e. The molecule has 1 fully saturated rings. The predicted octanol–water partition coefficient (Wildman–Crippen LogP) is 7.56. The molecule has 1 aliphatic heterocycles. The van der Waals surface area contributed by atoms with Crippen LogP contribution in [0, 0.1) is 12.7 Å². The lowest BCUT2D eigenvalue weighted by Crippen LogP contribution is -2.19. The summed E-state index contributed by atoms with van der Waals surface area (Å²) in [5, 5.41) is 4.35. The van der Waals surface area contributed by atoms with E-state index in [4.69, 9.17) is 39.5 Å². The van der Waals surface area contributed by atoms with Crippen molar-refractivity contribution in [2.24, 2.45) is 4.99 Å². The van der Waals surface area contributed by atoms with Crippen molar-refractivity contribution in [3.63, 3.8) is 0 Å². The first-order valence-corrected chi connectivity index (χ1v) is 11.7. The molecule has 168 valence electrons. The molecule has 1 saturated heterocycles. The molecule has 3 aromatic carbocycles. The minimum absolute atomic E-state index is 0.110. The van der Waals surface area contributed by atoms with Gasteiger partial charge in [-0.15, -0.1) is 0 Å². The smallest absolute Gasteiger partial charge is 0.264 e. The molecule has 33 heavy (non-hydrogen) atoms. The number of aliphatic imine (C=N–C) groups is 1. The van der Waals surface area contributed by atoms with E-state index in [0.717, 1.165) is 5.56 Å². The molecule has 0 aliphatic carbocycles. The topological polar surface area (TPSA) is 50.7 Å². The zero-order valence-electron chi connectivity index (χ0n) is 17.2. The van der Waals surface area contributed by atoms with Crippen LogP contribution in [0.5, 0.6) is 5.75 Å². The zero-order valence-corrected chi connectivity index (χ0v) is 20.2. The molecule has 4 nitrogen and oxygen atoms in total. The molecular formula is C24H16Cl3FN2O2S. The van der Waals surface area contributed by atoms with Crippen LogP contribution >= 0.6 is 46.6 Å². The molecule has 1 aliphatic rings. The van der Waals surface area contributed by atoms with Gasteiger partial charge in [-0.25, -0.2) is 9.38 Å². The minimum atomic E-state index is -0.351. The van der Waals surface area contributed by atoms with E-state index in [1.54, 1.807) is 42.5 Å². The average Bonchev–Trinajstić information content (AvgIpc) is 3.09. The fraction of sp³-hybridized carbons (Fsp3) is 0.0833. The maximum absolute atomic E-state index is 13.4. The number of hydrogen-bond acceptors (Lipinski definition) is 4. The summed E-state index contributed by atoms with van der Waals surface area (Å²) in [6, 6.07) is 14.8. The summed E-state index contributed by atoms with van der Waals surface area (Å²) >= 11 is 20.1. The molecule has 0 unspecified atom stereocenters. The fourth-order valence-electron chi connectivity index (χ4n) is 3.04. The molecule has 4 rings (SSSR count). The molecule has 1 heterocycles. The number of amidine groups is 1. The molecule has 0 radical (unpaired) electrons. The molecule has 1 N–H and O–H groups in total. The Morgan fingerprint density at radius 1 is 1.06 bits per heavy atom. The van der Waals surface area contributed by atoms with Crippen LogP contribution in [0.3, 0.4) is 0 Å². The summed E-state index contributed by atoms with van der Waals surface area (Å²) in [5.41, 5.74) is 2.78. The van der Waals surface area contributed by atoms with Crippen LogP contribution < -0.4 is 10.1 Å². The summed E-state index contributed by atoms with van der Waals surface area (Å²) in [7, 11) is 0. The maximum Gasteiger partial charge on any atom is 0.264 e. The van der Waals surface area contributed by atoms with E-state index in [1.807, 2.05) is 13.0 Å². The molecule has 0 bridgehead atoms. The van der Waals surface area contributed by atoms with Crippen LogP contribution in [0.25, 0.3) is 6.08 Å². The van der Waals surface area contributed by atoms with Gasteiger partial charge < -0.3 is 10.1 Å². The number of amides is 1. The van der Waals surface area contributed by atoms with Crippen molar-refractivity contribution < 1.29 is 13.9 Å². The summed E-state index contributed by atoms with van der Waals surface area (Å²) in [5.74, 6) is -0.347. The average molecular weight is 522 g/mol. The van der Waals surface area contributed by atoms with E-state index < -0.39 is 0 Å². The molecule has 0 saturated carbocycles. The molecule has 0 atom stereocenters. The first-order valence-electron chi connectivity index (χ1n) is 9.71. The number of nitrogens with zero attached hydrogens (tertiary/aromatic N) is 1. The zero-order chi connectivity index (χ0) is 23.5. The molecular weight excluding hydrogens is 506 g/mol. The maximum atomic E-state index is 13.4. The Morgan fingerprint density at radius 2 is 1.79 bits per heavy atom. The van der Waals surface area contributed by atoms with Gasteiger partial charge in [0.1, 0.15) is 12.4 Å². The molecule has 0 spiro atoms. The Bertz CT molecular complexity index is 1290. The highest BCUT2D eigenvalue weighted by Gasteiger charge is 2.24. The van der Waals surface area contributed by atoms with Crippen molar-refractivity contribution in [2.75, 3.05) is 0 Å². The molecule has 9 heteroatoms. The number of ether oxygens (including phenoxy) is 1. The van der Waals surface area contributed by atoms with E-state index in [1.165, 1.54) is 23.9 Å².